The second kappa shape index (κ2) is 7.90. The highest BCUT2D eigenvalue weighted by Crippen LogP contribution is 2.26. The molecule has 1 N–H and O–H groups in total. The first-order valence-corrected chi connectivity index (χ1v) is 9.31. The summed E-state index contributed by atoms with van der Waals surface area (Å²) in [5, 5.41) is 14.0. The van der Waals surface area contributed by atoms with Gasteiger partial charge in [0.15, 0.2) is 0 Å². The Hall–Kier alpha value is -0.940. The molecular formula is C12H18IN3O4S. The third kappa shape index (κ3) is 5.75. The zero-order valence-corrected chi connectivity index (χ0v) is 14.8. The van der Waals surface area contributed by atoms with Crippen LogP contribution in [0, 0.1) is 13.7 Å². The van der Waals surface area contributed by atoms with E-state index in [1.807, 2.05) is 22.6 Å². The number of nitro benzene ring substituents is 1. The van der Waals surface area contributed by atoms with Gasteiger partial charge in [-0.15, -0.1) is 0 Å². The molecule has 0 bridgehead atoms. The number of nitro groups is 1. The fraction of sp³-hybridized carbons (Fsp3) is 0.500. The molecule has 0 unspecified atom stereocenters. The Kier molecular flexibility index (Phi) is 6.81. The van der Waals surface area contributed by atoms with E-state index in [-0.39, 0.29) is 5.69 Å². The van der Waals surface area contributed by atoms with Crippen LogP contribution in [0.1, 0.15) is 13.3 Å². The van der Waals surface area contributed by atoms with Crippen LogP contribution in [0.5, 0.6) is 0 Å². The van der Waals surface area contributed by atoms with Crippen molar-refractivity contribution in [1.82, 2.24) is 4.31 Å². The highest BCUT2D eigenvalue weighted by molar-refractivity contribution is 14.1. The number of halogens is 1. The molecule has 0 spiro atoms. The van der Waals surface area contributed by atoms with Gasteiger partial charge < -0.3 is 5.32 Å². The van der Waals surface area contributed by atoms with Gasteiger partial charge in [-0.3, -0.25) is 10.1 Å². The van der Waals surface area contributed by atoms with Crippen molar-refractivity contribution in [2.24, 2.45) is 0 Å². The lowest BCUT2D eigenvalue weighted by Crippen LogP contribution is -2.31. The molecule has 0 fully saturated rings. The zero-order valence-electron chi connectivity index (χ0n) is 11.9. The van der Waals surface area contributed by atoms with Crippen LogP contribution >= 0.6 is 22.6 Å². The van der Waals surface area contributed by atoms with Crippen LogP contribution in [0.4, 0.5) is 11.4 Å². The van der Waals surface area contributed by atoms with Gasteiger partial charge in [0.05, 0.1) is 11.2 Å². The molecule has 0 aromatic heterocycles. The number of nitrogens with one attached hydrogen (secondary N) is 1. The summed E-state index contributed by atoms with van der Waals surface area (Å²) in [5.74, 6) is 0. The average Bonchev–Trinajstić information content (AvgIpc) is 2.38. The van der Waals surface area contributed by atoms with Gasteiger partial charge in [0.1, 0.15) is 5.69 Å². The Morgan fingerprint density at radius 1 is 1.43 bits per heavy atom. The summed E-state index contributed by atoms with van der Waals surface area (Å²) in [6.07, 6.45) is 1.75. The summed E-state index contributed by atoms with van der Waals surface area (Å²) in [7, 11) is -3.19. The van der Waals surface area contributed by atoms with Crippen molar-refractivity contribution in [3.05, 3.63) is 31.9 Å². The van der Waals surface area contributed by atoms with Crippen LogP contribution in [-0.2, 0) is 10.0 Å². The monoisotopic (exact) mass is 427 g/mol. The SMILES string of the molecule is CCN(CCCNc1ccc(I)cc1[N+](=O)[O-])S(C)(=O)=O. The van der Waals surface area contributed by atoms with Crippen LogP contribution in [-0.4, -0.2) is 43.5 Å². The highest BCUT2D eigenvalue weighted by atomic mass is 127. The van der Waals surface area contributed by atoms with Crippen LogP contribution < -0.4 is 5.32 Å². The van der Waals surface area contributed by atoms with Crippen LogP contribution in [0.25, 0.3) is 0 Å². The minimum Gasteiger partial charge on any atom is -0.379 e. The first-order valence-electron chi connectivity index (χ1n) is 6.38. The molecule has 1 rings (SSSR count). The quantitative estimate of drug-likeness (QED) is 0.298. The highest BCUT2D eigenvalue weighted by Gasteiger charge is 2.15. The molecule has 1 aromatic rings. The minimum absolute atomic E-state index is 0.0253. The predicted octanol–water partition coefficient (Wildman–Crippen LogP) is 2.28. The van der Waals surface area contributed by atoms with Gasteiger partial charge >= 0.3 is 0 Å². The summed E-state index contributed by atoms with van der Waals surface area (Å²) < 4.78 is 25.0. The van der Waals surface area contributed by atoms with Crippen molar-refractivity contribution in [3.8, 4) is 0 Å². The molecule has 0 radical (unpaired) electrons. The molecule has 0 saturated heterocycles. The Morgan fingerprint density at radius 3 is 2.62 bits per heavy atom. The molecular weight excluding hydrogens is 409 g/mol. The Bertz CT molecular complexity index is 607. The van der Waals surface area contributed by atoms with Crippen molar-refractivity contribution in [2.75, 3.05) is 31.2 Å². The van der Waals surface area contributed by atoms with Crippen molar-refractivity contribution >= 4 is 44.0 Å². The largest absolute Gasteiger partial charge is 0.379 e. The van der Waals surface area contributed by atoms with Gasteiger partial charge in [0.25, 0.3) is 5.69 Å². The number of hydrogen-bond acceptors (Lipinski definition) is 5. The smallest absolute Gasteiger partial charge is 0.293 e. The molecule has 9 heteroatoms. The molecule has 0 heterocycles. The topological polar surface area (TPSA) is 92.5 Å². The fourth-order valence-electron chi connectivity index (χ4n) is 1.84. The van der Waals surface area contributed by atoms with E-state index < -0.39 is 14.9 Å². The van der Waals surface area contributed by atoms with Crippen molar-refractivity contribution in [1.29, 1.82) is 0 Å². The molecule has 0 atom stereocenters. The van der Waals surface area contributed by atoms with Gasteiger partial charge in [0, 0.05) is 29.3 Å². The first kappa shape index (κ1) is 18.1. The van der Waals surface area contributed by atoms with Crippen molar-refractivity contribution < 1.29 is 13.3 Å². The number of rotatable bonds is 8. The van der Waals surface area contributed by atoms with Crippen LogP contribution in [0.15, 0.2) is 18.2 Å². The standard InChI is InChI=1S/C12H18IN3O4S/c1-3-15(21(2,19)20)8-4-7-14-11-6-5-10(13)9-12(11)16(17)18/h5-6,9,14H,3-4,7-8H2,1-2H3. The van der Waals surface area contributed by atoms with Gasteiger partial charge in [-0.25, -0.2) is 12.7 Å². The lowest BCUT2D eigenvalue weighted by molar-refractivity contribution is -0.384. The Morgan fingerprint density at radius 2 is 2.10 bits per heavy atom. The van der Waals surface area contributed by atoms with E-state index in [2.05, 4.69) is 5.32 Å². The summed E-state index contributed by atoms with van der Waals surface area (Å²) >= 11 is 2.02. The van der Waals surface area contributed by atoms with E-state index in [0.717, 1.165) is 3.57 Å². The second-order valence-corrected chi connectivity index (χ2v) is 7.68. The lowest BCUT2D eigenvalue weighted by Gasteiger charge is -2.17. The normalized spacial score (nSPS) is 11.6. The summed E-state index contributed by atoms with van der Waals surface area (Å²) in [6, 6.07) is 4.94. The molecule has 118 valence electrons. The van der Waals surface area contributed by atoms with E-state index in [4.69, 9.17) is 0 Å². The summed E-state index contributed by atoms with van der Waals surface area (Å²) in [5.41, 5.74) is 0.472. The van der Waals surface area contributed by atoms with Crippen LogP contribution in [0.2, 0.25) is 0 Å². The second-order valence-electron chi connectivity index (χ2n) is 4.45. The minimum atomic E-state index is -3.19. The van der Waals surface area contributed by atoms with Gasteiger partial charge in [-0.2, -0.15) is 0 Å². The van der Waals surface area contributed by atoms with E-state index in [1.165, 1.54) is 16.6 Å². The average molecular weight is 427 g/mol. The lowest BCUT2D eigenvalue weighted by atomic mass is 10.2. The van der Waals surface area contributed by atoms with E-state index in [9.17, 15) is 18.5 Å². The molecule has 1 aromatic carbocycles. The maximum absolute atomic E-state index is 11.4. The molecule has 0 amide bonds. The maximum atomic E-state index is 11.4. The van der Waals surface area contributed by atoms with Gasteiger partial charge in [0.2, 0.25) is 10.0 Å². The number of benzene rings is 1. The fourth-order valence-corrected chi connectivity index (χ4v) is 3.25. The Balaban J connectivity index is 2.59. The Labute approximate surface area is 138 Å². The summed E-state index contributed by atoms with van der Waals surface area (Å²) in [6.45, 7) is 3.05. The predicted molar refractivity (Wildman–Crippen MR) is 91.0 cm³/mol. The number of anilines is 1. The third-order valence-electron chi connectivity index (χ3n) is 2.88. The third-order valence-corrected chi connectivity index (χ3v) is 4.93. The molecule has 0 aliphatic rings. The van der Waals surface area contributed by atoms with Crippen molar-refractivity contribution in [2.45, 2.75) is 13.3 Å². The van der Waals surface area contributed by atoms with E-state index >= 15 is 0 Å². The number of hydrogen-bond donors (Lipinski definition) is 1. The molecule has 0 aliphatic carbocycles. The van der Waals surface area contributed by atoms with E-state index in [0.29, 0.717) is 31.7 Å². The van der Waals surface area contributed by atoms with Crippen LogP contribution in [0.3, 0.4) is 0 Å². The van der Waals surface area contributed by atoms with Gasteiger partial charge in [-0.05, 0) is 41.1 Å². The molecule has 0 saturated carbocycles. The number of sulfonamides is 1. The molecule has 0 aliphatic heterocycles. The van der Waals surface area contributed by atoms with E-state index in [1.54, 1.807) is 19.1 Å². The zero-order chi connectivity index (χ0) is 16.0. The maximum Gasteiger partial charge on any atom is 0.293 e. The number of nitrogens with zero attached hydrogens (tertiary/aromatic N) is 2. The summed E-state index contributed by atoms with van der Waals surface area (Å²) in [4.78, 5) is 10.5. The molecule has 21 heavy (non-hydrogen) atoms. The first-order chi connectivity index (χ1) is 9.75. The van der Waals surface area contributed by atoms with Crippen molar-refractivity contribution in [3.63, 3.8) is 0 Å². The molecule has 7 nitrogen and oxygen atoms in total. The van der Waals surface area contributed by atoms with Gasteiger partial charge in [-0.1, -0.05) is 6.92 Å².